The third-order valence-corrected chi connectivity index (χ3v) is 4.33. The fraction of sp³-hybridized carbons (Fsp3) is 0.733. The van der Waals surface area contributed by atoms with Gasteiger partial charge in [-0.2, -0.15) is 0 Å². The molecular weight excluding hydrogens is 302 g/mol. The van der Waals surface area contributed by atoms with Gasteiger partial charge in [0.25, 0.3) is 0 Å². The van der Waals surface area contributed by atoms with Crippen molar-refractivity contribution >= 4 is 23.5 Å². The molecule has 0 aromatic carbocycles. The number of ether oxygens (including phenoxy) is 1. The molecule has 3 amide bonds. The molecule has 0 radical (unpaired) electrons. The Labute approximate surface area is 135 Å². The van der Waals surface area contributed by atoms with Gasteiger partial charge >= 0.3 is 0 Å². The number of nitrogens with two attached hydrogens (primary N) is 2. The average Bonchev–Trinajstić information content (AvgIpc) is 2.69. The normalized spacial score (nSPS) is 22.7. The number of Topliss-reactive ketones (excluding diaryl/α,β-unsaturated/α-hetero) is 1. The molecule has 1 fully saturated rings. The molecule has 130 valence electrons. The number of amides is 3. The van der Waals surface area contributed by atoms with Gasteiger partial charge in [-0.15, -0.1) is 0 Å². The molecule has 5 N–H and O–H groups in total. The van der Waals surface area contributed by atoms with Gasteiger partial charge in [-0.25, -0.2) is 0 Å². The topological polar surface area (TPSA) is 142 Å². The molecular formula is C15H25N3O5. The molecule has 1 rings (SSSR count). The quantitative estimate of drug-likeness (QED) is 0.537. The first-order valence-electron chi connectivity index (χ1n) is 7.53. The summed E-state index contributed by atoms with van der Waals surface area (Å²) >= 11 is 0. The van der Waals surface area contributed by atoms with Crippen molar-refractivity contribution in [2.24, 2.45) is 22.8 Å². The monoisotopic (exact) mass is 327 g/mol. The number of hydrogen-bond acceptors (Lipinski definition) is 5. The molecule has 0 aliphatic carbocycles. The molecule has 0 spiro atoms. The van der Waals surface area contributed by atoms with Crippen LogP contribution in [0.3, 0.4) is 0 Å². The maximum absolute atomic E-state index is 12.2. The van der Waals surface area contributed by atoms with Crippen LogP contribution in [0.1, 0.15) is 40.0 Å². The van der Waals surface area contributed by atoms with E-state index in [4.69, 9.17) is 16.2 Å². The van der Waals surface area contributed by atoms with Crippen molar-refractivity contribution in [2.75, 3.05) is 6.61 Å². The predicted molar refractivity (Wildman–Crippen MR) is 81.9 cm³/mol. The Morgan fingerprint density at radius 3 is 2.43 bits per heavy atom. The SMILES string of the molecule is CC(CC(=O)NC1C(=O)COC1CC(N)=O)C(C)(C)CC(N)=O. The molecule has 1 saturated heterocycles. The van der Waals surface area contributed by atoms with E-state index in [1.54, 1.807) is 0 Å². The van der Waals surface area contributed by atoms with Crippen LogP contribution >= 0.6 is 0 Å². The van der Waals surface area contributed by atoms with Gasteiger partial charge in [0.15, 0.2) is 5.78 Å². The third-order valence-electron chi connectivity index (χ3n) is 4.33. The highest BCUT2D eigenvalue weighted by Gasteiger charge is 2.38. The minimum absolute atomic E-state index is 0.123. The maximum Gasteiger partial charge on any atom is 0.220 e. The van der Waals surface area contributed by atoms with Gasteiger partial charge < -0.3 is 21.5 Å². The van der Waals surface area contributed by atoms with Crippen LogP contribution in [0.5, 0.6) is 0 Å². The van der Waals surface area contributed by atoms with Gasteiger partial charge in [-0.05, 0) is 11.3 Å². The van der Waals surface area contributed by atoms with E-state index in [9.17, 15) is 19.2 Å². The van der Waals surface area contributed by atoms with Crippen molar-refractivity contribution < 1.29 is 23.9 Å². The Hall–Kier alpha value is -1.96. The summed E-state index contributed by atoms with van der Waals surface area (Å²) in [5.41, 5.74) is 9.89. The van der Waals surface area contributed by atoms with E-state index in [0.29, 0.717) is 0 Å². The van der Waals surface area contributed by atoms with Gasteiger partial charge in [0.1, 0.15) is 12.6 Å². The Morgan fingerprint density at radius 1 is 1.30 bits per heavy atom. The first kappa shape index (κ1) is 19.1. The van der Waals surface area contributed by atoms with E-state index in [2.05, 4.69) is 5.32 Å². The van der Waals surface area contributed by atoms with Crippen molar-refractivity contribution in [3.8, 4) is 0 Å². The van der Waals surface area contributed by atoms with Gasteiger partial charge in [0, 0.05) is 12.8 Å². The number of rotatable bonds is 8. The van der Waals surface area contributed by atoms with Crippen LogP contribution in [0.25, 0.3) is 0 Å². The molecule has 23 heavy (non-hydrogen) atoms. The van der Waals surface area contributed by atoms with Crippen molar-refractivity contribution in [1.29, 1.82) is 0 Å². The maximum atomic E-state index is 12.2. The zero-order chi connectivity index (χ0) is 17.8. The van der Waals surface area contributed by atoms with Crippen molar-refractivity contribution in [3.05, 3.63) is 0 Å². The number of primary amides is 2. The highest BCUT2D eigenvalue weighted by molar-refractivity contribution is 5.92. The van der Waals surface area contributed by atoms with E-state index >= 15 is 0 Å². The van der Waals surface area contributed by atoms with Crippen molar-refractivity contribution in [1.82, 2.24) is 5.32 Å². The molecule has 1 aliphatic rings. The first-order chi connectivity index (χ1) is 10.5. The molecule has 0 aromatic rings. The lowest BCUT2D eigenvalue weighted by atomic mass is 9.75. The molecule has 0 saturated carbocycles. The molecule has 3 unspecified atom stereocenters. The summed E-state index contributed by atoms with van der Waals surface area (Å²) in [6.45, 7) is 5.41. The Balaban J connectivity index is 2.62. The summed E-state index contributed by atoms with van der Waals surface area (Å²) in [5.74, 6) is -1.77. The van der Waals surface area contributed by atoms with Crippen molar-refractivity contribution in [3.63, 3.8) is 0 Å². The van der Waals surface area contributed by atoms with E-state index in [-0.39, 0.29) is 43.5 Å². The summed E-state index contributed by atoms with van der Waals surface area (Å²) in [7, 11) is 0. The number of ketones is 1. The lowest BCUT2D eigenvalue weighted by Gasteiger charge is -2.30. The van der Waals surface area contributed by atoms with Gasteiger partial charge in [0.05, 0.1) is 12.5 Å². The largest absolute Gasteiger partial charge is 0.370 e. The summed E-state index contributed by atoms with van der Waals surface area (Å²) in [6.07, 6.45) is -0.554. The average molecular weight is 327 g/mol. The number of nitrogens with one attached hydrogen (secondary N) is 1. The minimum atomic E-state index is -0.860. The summed E-state index contributed by atoms with van der Waals surface area (Å²) in [4.78, 5) is 46.0. The second-order valence-electron chi connectivity index (χ2n) is 6.77. The van der Waals surface area contributed by atoms with E-state index in [0.717, 1.165) is 0 Å². The molecule has 1 heterocycles. The second kappa shape index (κ2) is 7.54. The summed E-state index contributed by atoms with van der Waals surface area (Å²) < 4.78 is 5.19. The van der Waals surface area contributed by atoms with E-state index < -0.39 is 29.4 Å². The lowest BCUT2D eigenvalue weighted by Crippen LogP contribution is -2.46. The van der Waals surface area contributed by atoms with Crippen LogP contribution < -0.4 is 16.8 Å². The van der Waals surface area contributed by atoms with Gasteiger partial charge in [-0.3, -0.25) is 19.2 Å². The fourth-order valence-corrected chi connectivity index (χ4v) is 2.54. The number of carbonyl (C=O) groups is 4. The van der Waals surface area contributed by atoms with Crippen LogP contribution in [-0.2, 0) is 23.9 Å². The van der Waals surface area contributed by atoms with Gasteiger partial charge in [0.2, 0.25) is 17.7 Å². The number of hydrogen-bond donors (Lipinski definition) is 3. The van der Waals surface area contributed by atoms with Gasteiger partial charge in [-0.1, -0.05) is 20.8 Å². The van der Waals surface area contributed by atoms with Crippen LogP contribution in [0.4, 0.5) is 0 Å². The fourth-order valence-electron chi connectivity index (χ4n) is 2.54. The molecule has 0 bridgehead atoms. The van der Waals surface area contributed by atoms with Crippen LogP contribution in [0.15, 0.2) is 0 Å². The predicted octanol–water partition coefficient (Wildman–Crippen LogP) is -0.758. The minimum Gasteiger partial charge on any atom is -0.370 e. The molecule has 3 atom stereocenters. The lowest BCUT2D eigenvalue weighted by molar-refractivity contribution is -0.128. The highest BCUT2D eigenvalue weighted by Crippen LogP contribution is 2.32. The standard InChI is InChI=1S/C15H25N3O5/c1-8(15(2,3)6-12(17)21)4-13(22)18-14-9(19)7-23-10(14)5-11(16)20/h8,10,14H,4-7H2,1-3H3,(H2,16,20)(H2,17,21)(H,18,22). The van der Waals surface area contributed by atoms with Crippen molar-refractivity contribution in [2.45, 2.75) is 52.2 Å². The second-order valence-corrected chi connectivity index (χ2v) is 6.77. The molecule has 0 aromatic heterocycles. The summed E-state index contributed by atoms with van der Waals surface area (Å²) in [6, 6.07) is -0.860. The zero-order valence-corrected chi connectivity index (χ0v) is 13.8. The van der Waals surface area contributed by atoms with E-state index in [1.165, 1.54) is 0 Å². The van der Waals surface area contributed by atoms with Crippen LogP contribution in [-0.4, -0.2) is 42.3 Å². The Morgan fingerprint density at radius 2 is 1.91 bits per heavy atom. The highest BCUT2D eigenvalue weighted by atomic mass is 16.5. The summed E-state index contributed by atoms with van der Waals surface area (Å²) in [5, 5.41) is 2.60. The molecule has 8 heteroatoms. The Kier molecular flexibility index (Phi) is 6.26. The van der Waals surface area contributed by atoms with Crippen LogP contribution in [0, 0.1) is 11.3 Å². The van der Waals surface area contributed by atoms with E-state index in [1.807, 2.05) is 20.8 Å². The Bertz CT molecular complexity index is 503. The number of carbonyl (C=O) groups excluding carboxylic acids is 4. The zero-order valence-electron chi connectivity index (χ0n) is 13.8. The first-order valence-corrected chi connectivity index (χ1v) is 7.53. The van der Waals surface area contributed by atoms with Crippen LogP contribution in [0.2, 0.25) is 0 Å². The molecule has 8 nitrogen and oxygen atoms in total. The third kappa shape index (κ3) is 5.63. The smallest absolute Gasteiger partial charge is 0.220 e. The molecule has 1 aliphatic heterocycles.